The number of nitrogens with one attached hydrogen (secondary N) is 1. The van der Waals surface area contributed by atoms with E-state index in [4.69, 9.17) is 0 Å². The van der Waals surface area contributed by atoms with E-state index in [9.17, 15) is 9.59 Å². The van der Waals surface area contributed by atoms with Crippen LogP contribution in [0.2, 0.25) is 0 Å². The van der Waals surface area contributed by atoms with E-state index in [0.717, 1.165) is 29.8 Å². The van der Waals surface area contributed by atoms with Gasteiger partial charge in [0.05, 0.1) is 11.6 Å². The third-order valence-corrected chi connectivity index (χ3v) is 5.59. The highest BCUT2D eigenvalue weighted by Crippen LogP contribution is 2.21. The summed E-state index contributed by atoms with van der Waals surface area (Å²) in [6, 6.07) is 0. The highest BCUT2D eigenvalue weighted by Gasteiger charge is 2.29. The number of hydrogen-bond donors (Lipinski definition) is 1. The molecule has 1 atom stereocenters. The molecule has 0 bridgehead atoms. The van der Waals surface area contributed by atoms with E-state index in [1.807, 2.05) is 30.5 Å². The summed E-state index contributed by atoms with van der Waals surface area (Å²) < 4.78 is 1.85. The molecule has 8 nitrogen and oxygen atoms in total. The topological polar surface area (TPSA) is 93.0 Å². The fraction of sp³-hybridized carbons (Fsp3) is 0.588. The summed E-state index contributed by atoms with van der Waals surface area (Å²) in [4.78, 5) is 26.8. The average molecular weight is 376 g/mol. The first-order valence-electron chi connectivity index (χ1n) is 8.79. The van der Waals surface area contributed by atoms with E-state index in [1.165, 1.54) is 11.3 Å². The Morgan fingerprint density at radius 3 is 2.85 bits per heavy atom. The van der Waals surface area contributed by atoms with Crippen LogP contribution in [0.15, 0.2) is 5.51 Å². The van der Waals surface area contributed by atoms with Gasteiger partial charge in [0.2, 0.25) is 16.9 Å². The second kappa shape index (κ2) is 7.94. The van der Waals surface area contributed by atoms with Crippen LogP contribution >= 0.6 is 11.3 Å². The van der Waals surface area contributed by atoms with Crippen molar-refractivity contribution < 1.29 is 9.59 Å². The number of anilines is 1. The van der Waals surface area contributed by atoms with Crippen LogP contribution < -0.4 is 5.32 Å². The van der Waals surface area contributed by atoms with Gasteiger partial charge in [-0.1, -0.05) is 11.3 Å². The molecule has 1 saturated heterocycles. The Labute approximate surface area is 156 Å². The number of rotatable bonds is 5. The number of nitrogens with zero attached hydrogens (tertiary/aromatic N) is 5. The van der Waals surface area contributed by atoms with Crippen LogP contribution in [0.5, 0.6) is 0 Å². The van der Waals surface area contributed by atoms with E-state index in [-0.39, 0.29) is 17.7 Å². The number of piperidine rings is 1. The molecule has 0 saturated carbocycles. The van der Waals surface area contributed by atoms with Gasteiger partial charge >= 0.3 is 0 Å². The zero-order valence-corrected chi connectivity index (χ0v) is 16.2. The van der Waals surface area contributed by atoms with Crippen LogP contribution in [0.25, 0.3) is 0 Å². The number of carbonyl (C=O) groups is 2. The molecular formula is C17H24N6O2S. The summed E-state index contributed by atoms with van der Waals surface area (Å²) in [7, 11) is 1.92. The first kappa shape index (κ1) is 18.5. The fourth-order valence-electron chi connectivity index (χ4n) is 3.42. The molecule has 0 radical (unpaired) electrons. The standard InChI is InChI=1S/C17H24N6O2S/c1-11-14(12(2)22(3)21-11)6-7-15(24)23-8-4-5-13(9-23)16(25)19-17-20-18-10-26-17/h10,13H,4-9H2,1-3H3,(H,19,20,25). The van der Waals surface area contributed by atoms with Gasteiger partial charge in [0, 0.05) is 32.3 Å². The molecule has 3 rings (SSSR count). The number of aryl methyl sites for hydroxylation is 2. The molecule has 1 N–H and O–H groups in total. The summed E-state index contributed by atoms with van der Waals surface area (Å²) >= 11 is 1.29. The Hall–Kier alpha value is -2.29. The van der Waals surface area contributed by atoms with Gasteiger partial charge in [0.15, 0.2) is 0 Å². The van der Waals surface area contributed by atoms with Crippen LogP contribution in [0.1, 0.15) is 36.2 Å². The lowest BCUT2D eigenvalue weighted by atomic mass is 9.96. The number of carbonyl (C=O) groups excluding carboxylic acids is 2. The third kappa shape index (κ3) is 4.09. The Kier molecular flexibility index (Phi) is 5.65. The van der Waals surface area contributed by atoms with Crippen molar-refractivity contribution in [1.82, 2.24) is 24.9 Å². The second-order valence-electron chi connectivity index (χ2n) is 6.69. The van der Waals surface area contributed by atoms with E-state index in [2.05, 4.69) is 20.6 Å². The lowest BCUT2D eigenvalue weighted by Crippen LogP contribution is -2.43. The molecule has 2 amide bonds. The quantitative estimate of drug-likeness (QED) is 0.857. The Balaban J connectivity index is 1.55. The smallest absolute Gasteiger partial charge is 0.231 e. The van der Waals surface area contributed by atoms with E-state index >= 15 is 0 Å². The van der Waals surface area contributed by atoms with Crippen molar-refractivity contribution in [2.75, 3.05) is 18.4 Å². The maximum absolute atomic E-state index is 12.6. The molecule has 1 unspecified atom stereocenters. The van der Waals surface area contributed by atoms with Crippen LogP contribution in [-0.2, 0) is 23.1 Å². The zero-order valence-electron chi connectivity index (χ0n) is 15.4. The van der Waals surface area contributed by atoms with E-state index in [0.29, 0.717) is 31.1 Å². The number of aromatic nitrogens is 4. The number of hydrogen-bond acceptors (Lipinski definition) is 6. The fourth-order valence-corrected chi connectivity index (χ4v) is 3.87. The Morgan fingerprint density at radius 2 is 2.19 bits per heavy atom. The highest BCUT2D eigenvalue weighted by molar-refractivity contribution is 7.13. The lowest BCUT2D eigenvalue weighted by Gasteiger charge is -2.32. The molecule has 140 valence electrons. The summed E-state index contributed by atoms with van der Waals surface area (Å²) in [6.07, 6.45) is 2.75. The van der Waals surface area contributed by atoms with Gasteiger partial charge in [0.1, 0.15) is 5.51 Å². The maximum Gasteiger partial charge on any atom is 0.231 e. The van der Waals surface area contributed by atoms with Crippen LogP contribution in [0, 0.1) is 19.8 Å². The predicted molar refractivity (Wildman–Crippen MR) is 98.8 cm³/mol. The minimum Gasteiger partial charge on any atom is -0.342 e. The molecule has 1 aliphatic heterocycles. The normalized spacial score (nSPS) is 17.3. The molecule has 0 aromatic carbocycles. The van der Waals surface area contributed by atoms with Crippen molar-refractivity contribution in [3.8, 4) is 0 Å². The molecule has 26 heavy (non-hydrogen) atoms. The van der Waals surface area contributed by atoms with Gasteiger partial charge in [-0.25, -0.2) is 0 Å². The monoisotopic (exact) mass is 376 g/mol. The molecule has 9 heteroatoms. The summed E-state index contributed by atoms with van der Waals surface area (Å²) in [6.45, 7) is 5.18. The van der Waals surface area contributed by atoms with E-state index < -0.39 is 0 Å². The van der Waals surface area contributed by atoms with Crippen molar-refractivity contribution in [3.63, 3.8) is 0 Å². The zero-order chi connectivity index (χ0) is 18.7. The van der Waals surface area contributed by atoms with Gasteiger partial charge in [-0.2, -0.15) is 5.10 Å². The second-order valence-corrected chi connectivity index (χ2v) is 7.52. The Morgan fingerprint density at radius 1 is 1.38 bits per heavy atom. The molecule has 1 aliphatic rings. The minimum absolute atomic E-state index is 0.0850. The van der Waals surface area contributed by atoms with Crippen LogP contribution in [-0.4, -0.2) is 49.8 Å². The van der Waals surface area contributed by atoms with E-state index in [1.54, 1.807) is 5.51 Å². The summed E-state index contributed by atoms with van der Waals surface area (Å²) in [5.41, 5.74) is 4.80. The predicted octanol–water partition coefficient (Wildman–Crippen LogP) is 1.70. The van der Waals surface area contributed by atoms with Gasteiger partial charge < -0.3 is 10.2 Å². The van der Waals surface area contributed by atoms with Crippen LogP contribution in [0.4, 0.5) is 5.13 Å². The van der Waals surface area contributed by atoms with Crippen molar-refractivity contribution in [1.29, 1.82) is 0 Å². The first-order chi connectivity index (χ1) is 12.5. The number of likely N-dealkylation sites (tertiary alicyclic amines) is 1. The van der Waals surface area contributed by atoms with Crippen molar-refractivity contribution in [2.24, 2.45) is 13.0 Å². The highest BCUT2D eigenvalue weighted by atomic mass is 32.1. The molecule has 0 spiro atoms. The molecule has 2 aromatic heterocycles. The van der Waals surface area contributed by atoms with Crippen LogP contribution in [0.3, 0.4) is 0 Å². The largest absolute Gasteiger partial charge is 0.342 e. The Bertz CT molecular complexity index is 786. The summed E-state index contributed by atoms with van der Waals surface area (Å²) in [5, 5.41) is 15.2. The average Bonchev–Trinajstić information content (AvgIpc) is 3.22. The molecule has 0 aliphatic carbocycles. The molecule has 2 aromatic rings. The third-order valence-electron chi connectivity index (χ3n) is 4.98. The first-order valence-corrected chi connectivity index (χ1v) is 9.67. The summed E-state index contributed by atoms with van der Waals surface area (Å²) in [5.74, 6) is -0.183. The van der Waals surface area contributed by atoms with Crippen molar-refractivity contribution in [3.05, 3.63) is 22.5 Å². The van der Waals surface area contributed by atoms with Gasteiger partial charge in [-0.3, -0.25) is 14.3 Å². The van der Waals surface area contributed by atoms with Crippen molar-refractivity contribution in [2.45, 2.75) is 39.5 Å². The maximum atomic E-state index is 12.6. The number of amides is 2. The van der Waals surface area contributed by atoms with Crippen molar-refractivity contribution >= 4 is 28.3 Å². The molecule has 3 heterocycles. The van der Waals surface area contributed by atoms with Gasteiger partial charge in [0.25, 0.3) is 0 Å². The SMILES string of the molecule is Cc1nn(C)c(C)c1CCC(=O)N1CCCC(C(=O)Nc2nncs2)C1. The van der Waals surface area contributed by atoms with Gasteiger partial charge in [-0.05, 0) is 38.7 Å². The lowest BCUT2D eigenvalue weighted by molar-refractivity contribution is -0.134. The molecule has 1 fully saturated rings. The molecular weight excluding hydrogens is 352 g/mol. The van der Waals surface area contributed by atoms with Gasteiger partial charge in [-0.15, -0.1) is 10.2 Å². The minimum atomic E-state index is -0.196.